The first-order chi connectivity index (χ1) is 11.6. The Balaban J connectivity index is 0.00000576. The quantitative estimate of drug-likeness (QED) is 0.316. The first kappa shape index (κ1) is 24.2. The lowest BCUT2D eigenvalue weighted by molar-refractivity contribution is 0.231. The predicted molar refractivity (Wildman–Crippen MR) is 116 cm³/mol. The molecule has 0 spiro atoms. The number of nitrogens with zero attached hydrogens (tertiary/aromatic N) is 3. The van der Waals surface area contributed by atoms with Crippen LogP contribution in [0, 0.1) is 0 Å². The van der Waals surface area contributed by atoms with Gasteiger partial charge in [0.2, 0.25) is 0 Å². The summed E-state index contributed by atoms with van der Waals surface area (Å²) >= 11 is 0. The molecular formula is C18H36IN5O. The van der Waals surface area contributed by atoms with Crippen molar-refractivity contribution in [2.24, 2.45) is 4.99 Å². The van der Waals surface area contributed by atoms with Crippen LogP contribution in [0.25, 0.3) is 0 Å². The number of aryl methyl sites for hydroxylation is 2. The molecule has 0 saturated heterocycles. The summed E-state index contributed by atoms with van der Waals surface area (Å²) in [7, 11) is 0. The number of halogens is 1. The van der Waals surface area contributed by atoms with Gasteiger partial charge in [-0.25, -0.2) is 4.99 Å². The van der Waals surface area contributed by atoms with Gasteiger partial charge in [-0.15, -0.1) is 24.0 Å². The minimum Gasteiger partial charge on any atom is -0.361 e. The van der Waals surface area contributed by atoms with Gasteiger partial charge in [-0.1, -0.05) is 32.9 Å². The molecule has 146 valence electrons. The molecule has 7 heteroatoms. The van der Waals surface area contributed by atoms with Crippen LogP contribution < -0.4 is 10.6 Å². The average molecular weight is 465 g/mol. The number of hydrogen-bond donors (Lipinski definition) is 2. The molecular weight excluding hydrogens is 429 g/mol. The Kier molecular flexibility index (Phi) is 12.9. The van der Waals surface area contributed by atoms with Crippen molar-refractivity contribution in [3.05, 3.63) is 17.0 Å². The molecule has 0 amide bonds. The van der Waals surface area contributed by atoms with Crippen LogP contribution in [0.4, 0.5) is 0 Å². The third kappa shape index (κ3) is 7.52. The Labute approximate surface area is 170 Å². The van der Waals surface area contributed by atoms with Crippen LogP contribution in [0.2, 0.25) is 0 Å². The summed E-state index contributed by atoms with van der Waals surface area (Å²) in [6.07, 6.45) is 1.72. The predicted octanol–water partition coefficient (Wildman–Crippen LogP) is 3.20. The van der Waals surface area contributed by atoms with Crippen LogP contribution in [-0.4, -0.2) is 48.2 Å². The summed E-state index contributed by atoms with van der Waals surface area (Å²) in [5.74, 6) is 1.80. The highest BCUT2D eigenvalue weighted by molar-refractivity contribution is 14.0. The zero-order valence-corrected chi connectivity index (χ0v) is 19.0. The lowest BCUT2D eigenvalue weighted by Crippen LogP contribution is -2.46. The summed E-state index contributed by atoms with van der Waals surface area (Å²) in [5, 5.41) is 10.9. The van der Waals surface area contributed by atoms with Crippen molar-refractivity contribution in [2.45, 2.75) is 67.0 Å². The largest absolute Gasteiger partial charge is 0.361 e. The highest BCUT2D eigenvalue weighted by atomic mass is 127. The number of nitrogens with one attached hydrogen (secondary N) is 2. The average Bonchev–Trinajstić information content (AvgIpc) is 3.00. The monoisotopic (exact) mass is 465 g/mol. The molecule has 0 aliphatic carbocycles. The minimum absolute atomic E-state index is 0. The highest BCUT2D eigenvalue weighted by Gasteiger charge is 2.14. The normalized spacial score (nSPS) is 12.8. The number of hydrogen-bond acceptors (Lipinski definition) is 4. The summed E-state index contributed by atoms with van der Waals surface area (Å²) in [4.78, 5) is 7.16. The Bertz CT molecular complexity index is 478. The topological polar surface area (TPSA) is 65.7 Å². The number of aliphatic imine (C=N–C) groups is 1. The van der Waals surface area contributed by atoms with Gasteiger partial charge in [0.1, 0.15) is 5.76 Å². The zero-order chi connectivity index (χ0) is 17.9. The fourth-order valence-electron chi connectivity index (χ4n) is 2.84. The van der Waals surface area contributed by atoms with Gasteiger partial charge in [-0.2, -0.15) is 0 Å². The first-order valence-corrected chi connectivity index (χ1v) is 9.33. The maximum atomic E-state index is 5.42. The van der Waals surface area contributed by atoms with E-state index in [1.807, 2.05) is 0 Å². The molecule has 6 nitrogen and oxygen atoms in total. The van der Waals surface area contributed by atoms with E-state index in [1.54, 1.807) is 0 Å². The molecule has 25 heavy (non-hydrogen) atoms. The van der Waals surface area contributed by atoms with Gasteiger partial charge in [-0.3, -0.25) is 4.90 Å². The summed E-state index contributed by atoms with van der Waals surface area (Å²) in [6, 6.07) is 0.469. The van der Waals surface area contributed by atoms with E-state index in [9.17, 15) is 0 Å². The Morgan fingerprint density at radius 3 is 2.32 bits per heavy atom. The van der Waals surface area contributed by atoms with Crippen molar-refractivity contribution in [3.8, 4) is 0 Å². The molecule has 0 aromatic carbocycles. The van der Waals surface area contributed by atoms with Crippen molar-refractivity contribution < 1.29 is 4.52 Å². The number of likely N-dealkylation sites (N-methyl/N-ethyl adjacent to an activating group) is 1. The SMILES string of the molecule is CCNC(=NCc1c(CC)noc1CC)NCC(C)N(CC)CC.I. The van der Waals surface area contributed by atoms with Crippen molar-refractivity contribution in [3.63, 3.8) is 0 Å². The van der Waals surface area contributed by atoms with Gasteiger partial charge in [0, 0.05) is 31.1 Å². The number of aromatic nitrogens is 1. The Morgan fingerprint density at radius 2 is 1.80 bits per heavy atom. The molecule has 1 aromatic heterocycles. The summed E-state index contributed by atoms with van der Waals surface area (Å²) in [5.41, 5.74) is 2.15. The van der Waals surface area contributed by atoms with Gasteiger partial charge in [0.15, 0.2) is 5.96 Å². The van der Waals surface area contributed by atoms with E-state index >= 15 is 0 Å². The van der Waals surface area contributed by atoms with Crippen LogP contribution >= 0.6 is 24.0 Å². The third-order valence-corrected chi connectivity index (χ3v) is 4.35. The smallest absolute Gasteiger partial charge is 0.191 e. The lowest BCUT2D eigenvalue weighted by atomic mass is 10.1. The molecule has 1 unspecified atom stereocenters. The van der Waals surface area contributed by atoms with E-state index in [1.165, 1.54) is 0 Å². The van der Waals surface area contributed by atoms with E-state index in [0.717, 1.165) is 62.0 Å². The van der Waals surface area contributed by atoms with Gasteiger partial charge in [0.25, 0.3) is 0 Å². The van der Waals surface area contributed by atoms with Crippen LogP contribution in [0.5, 0.6) is 0 Å². The van der Waals surface area contributed by atoms with Crippen LogP contribution in [0.1, 0.15) is 58.6 Å². The standard InChI is InChI=1S/C18H35N5O.HI/c1-7-16-15(17(8-2)24-22-16)13-21-18(19-9-3)20-12-14(6)23(10-4)11-5;/h14H,7-13H2,1-6H3,(H2,19,20,21);1H. The number of guanidine groups is 1. The molecule has 0 radical (unpaired) electrons. The molecule has 1 aromatic rings. The van der Waals surface area contributed by atoms with Crippen molar-refractivity contribution in [1.29, 1.82) is 0 Å². The Hall–Kier alpha value is -0.830. The van der Waals surface area contributed by atoms with Crippen molar-refractivity contribution in [1.82, 2.24) is 20.7 Å². The third-order valence-electron chi connectivity index (χ3n) is 4.35. The number of rotatable bonds is 10. The molecule has 0 bridgehead atoms. The second kappa shape index (κ2) is 13.4. The fourth-order valence-corrected chi connectivity index (χ4v) is 2.84. The van der Waals surface area contributed by atoms with Crippen LogP contribution in [0.15, 0.2) is 9.52 Å². The molecule has 0 aliphatic rings. The summed E-state index contributed by atoms with van der Waals surface area (Å²) in [6.45, 7) is 17.4. The van der Waals surface area contributed by atoms with Crippen LogP contribution in [-0.2, 0) is 19.4 Å². The second-order valence-corrected chi connectivity index (χ2v) is 5.88. The molecule has 1 heterocycles. The first-order valence-electron chi connectivity index (χ1n) is 9.33. The lowest BCUT2D eigenvalue weighted by Gasteiger charge is -2.27. The minimum atomic E-state index is 0. The Morgan fingerprint density at radius 1 is 1.12 bits per heavy atom. The summed E-state index contributed by atoms with van der Waals surface area (Å²) < 4.78 is 5.42. The maximum Gasteiger partial charge on any atom is 0.191 e. The van der Waals surface area contributed by atoms with Gasteiger partial charge in [-0.05, 0) is 33.4 Å². The van der Waals surface area contributed by atoms with Crippen molar-refractivity contribution >= 4 is 29.9 Å². The molecule has 1 rings (SSSR count). The van der Waals surface area contributed by atoms with E-state index in [2.05, 4.69) is 62.2 Å². The van der Waals surface area contributed by atoms with Gasteiger partial charge < -0.3 is 15.2 Å². The van der Waals surface area contributed by atoms with Gasteiger partial charge >= 0.3 is 0 Å². The van der Waals surface area contributed by atoms with Crippen LogP contribution in [0.3, 0.4) is 0 Å². The van der Waals surface area contributed by atoms with E-state index < -0.39 is 0 Å². The van der Waals surface area contributed by atoms with Gasteiger partial charge in [0.05, 0.1) is 12.2 Å². The van der Waals surface area contributed by atoms with Crippen molar-refractivity contribution in [2.75, 3.05) is 26.2 Å². The fraction of sp³-hybridized carbons (Fsp3) is 0.778. The highest BCUT2D eigenvalue weighted by Crippen LogP contribution is 2.16. The molecule has 1 atom stereocenters. The van der Waals surface area contributed by atoms with E-state index in [0.29, 0.717) is 12.6 Å². The zero-order valence-electron chi connectivity index (χ0n) is 16.7. The molecule has 0 aliphatic heterocycles. The van der Waals surface area contributed by atoms with E-state index in [4.69, 9.17) is 9.52 Å². The van der Waals surface area contributed by atoms with E-state index in [-0.39, 0.29) is 24.0 Å². The maximum absolute atomic E-state index is 5.42. The molecule has 0 fully saturated rings. The second-order valence-electron chi connectivity index (χ2n) is 5.88. The molecule has 2 N–H and O–H groups in total. The molecule has 0 saturated carbocycles.